The minimum Gasteiger partial charge on any atom is -0.478 e. The summed E-state index contributed by atoms with van der Waals surface area (Å²) in [5.41, 5.74) is -0.0944. The molecule has 0 aromatic heterocycles. The van der Waals surface area contributed by atoms with E-state index in [1.54, 1.807) is 63.2 Å². The number of para-hydroxylation sites is 1. The maximum Gasteiger partial charge on any atom is 0.408 e. The van der Waals surface area contributed by atoms with Crippen molar-refractivity contribution in [1.82, 2.24) is 5.32 Å². The Balaban J connectivity index is 2.27. The van der Waals surface area contributed by atoms with Crippen molar-refractivity contribution in [2.75, 3.05) is 5.32 Å². The number of amides is 2. The van der Waals surface area contributed by atoms with E-state index in [1.165, 1.54) is 12.1 Å². The number of hydrogen-bond acceptors (Lipinski definition) is 4. The van der Waals surface area contributed by atoms with Gasteiger partial charge in [0.05, 0.1) is 11.3 Å². The number of hydrogen-bond donors (Lipinski definition) is 3. The fraction of sp³-hybridized carbons (Fsp3) is 0.250. The molecular formula is C20H22N2O5. The van der Waals surface area contributed by atoms with Gasteiger partial charge in [-0.3, -0.25) is 4.79 Å². The zero-order chi connectivity index (χ0) is 20.0. The van der Waals surface area contributed by atoms with Gasteiger partial charge in [-0.05, 0) is 38.5 Å². The van der Waals surface area contributed by atoms with E-state index in [4.69, 9.17) is 4.74 Å². The van der Waals surface area contributed by atoms with Gasteiger partial charge in [0.15, 0.2) is 0 Å². The van der Waals surface area contributed by atoms with E-state index in [2.05, 4.69) is 10.6 Å². The molecule has 0 fully saturated rings. The van der Waals surface area contributed by atoms with Crippen LogP contribution in [0.3, 0.4) is 0 Å². The fourth-order valence-corrected chi connectivity index (χ4v) is 2.35. The number of rotatable bonds is 5. The molecule has 0 bridgehead atoms. The van der Waals surface area contributed by atoms with Crippen LogP contribution in [-0.4, -0.2) is 28.7 Å². The number of carbonyl (C=O) groups excluding carboxylic acids is 2. The summed E-state index contributed by atoms with van der Waals surface area (Å²) in [5.74, 6) is -1.75. The number of carboxylic acids is 1. The van der Waals surface area contributed by atoms with Crippen LogP contribution >= 0.6 is 0 Å². The number of benzene rings is 2. The highest BCUT2D eigenvalue weighted by molar-refractivity contribution is 6.03. The van der Waals surface area contributed by atoms with Crippen LogP contribution in [0, 0.1) is 0 Å². The van der Waals surface area contributed by atoms with Gasteiger partial charge < -0.3 is 20.5 Å². The first-order chi connectivity index (χ1) is 12.7. The monoisotopic (exact) mass is 370 g/mol. The van der Waals surface area contributed by atoms with Gasteiger partial charge in [-0.25, -0.2) is 9.59 Å². The molecule has 1 atom stereocenters. The second-order valence-electron chi connectivity index (χ2n) is 6.83. The summed E-state index contributed by atoms with van der Waals surface area (Å²) in [6.45, 7) is 5.15. The van der Waals surface area contributed by atoms with E-state index in [-0.39, 0.29) is 11.3 Å². The minimum atomic E-state index is -1.16. The van der Waals surface area contributed by atoms with Crippen molar-refractivity contribution in [2.24, 2.45) is 0 Å². The molecule has 142 valence electrons. The van der Waals surface area contributed by atoms with Crippen LogP contribution in [0.15, 0.2) is 54.6 Å². The third-order valence-corrected chi connectivity index (χ3v) is 3.47. The number of ether oxygens (including phenoxy) is 1. The van der Waals surface area contributed by atoms with Crippen LogP contribution in [0.25, 0.3) is 0 Å². The molecule has 2 aromatic carbocycles. The SMILES string of the molecule is CC(C)(C)OC(=O)N[C@@H](C(=O)Nc1ccccc1C(=O)O)c1ccccc1. The first-order valence-corrected chi connectivity index (χ1v) is 8.35. The molecular weight excluding hydrogens is 348 g/mol. The summed E-state index contributed by atoms with van der Waals surface area (Å²) in [5, 5.41) is 14.4. The van der Waals surface area contributed by atoms with Gasteiger partial charge in [0.25, 0.3) is 5.91 Å². The molecule has 27 heavy (non-hydrogen) atoms. The van der Waals surface area contributed by atoms with Gasteiger partial charge in [-0.2, -0.15) is 0 Å². The van der Waals surface area contributed by atoms with Gasteiger partial charge in [-0.1, -0.05) is 42.5 Å². The van der Waals surface area contributed by atoms with Crippen molar-refractivity contribution in [3.8, 4) is 0 Å². The summed E-state index contributed by atoms with van der Waals surface area (Å²) in [6, 6.07) is 13.6. The Kier molecular flexibility index (Phi) is 6.18. The van der Waals surface area contributed by atoms with E-state index < -0.39 is 29.6 Å². The van der Waals surface area contributed by atoms with E-state index in [0.29, 0.717) is 5.56 Å². The zero-order valence-corrected chi connectivity index (χ0v) is 15.4. The average molecular weight is 370 g/mol. The van der Waals surface area contributed by atoms with Crippen LogP contribution in [0.2, 0.25) is 0 Å². The highest BCUT2D eigenvalue weighted by Gasteiger charge is 2.26. The number of aromatic carboxylic acids is 1. The first kappa shape index (κ1) is 20.0. The Morgan fingerprint density at radius 1 is 0.963 bits per heavy atom. The van der Waals surface area contributed by atoms with Crippen molar-refractivity contribution in [1.29, 1.82) is 0 Å². The predicted molar refractivity (Wildman–Crippen MR) is 101 cm³/mol. The van der Waals surface area contributed by atoms with Gasteiger partial charge in [-0.15, -0.1) is 0 Å². The molecule has 0 spiro atoms. The lowest BCUT2D eigenvalue weighted by molar-refractivity contribution is -0.118. The zero-order valence-electron chi connectivity index (χ0n) is 15.4. The Labute approximate surface area is 157 Å². The van der Waals surface area contributed by atoms with Crippen molar-refractivity contribution in [3.63, 3.8) is 0 Å². The van der Waals surface area contributed by atoms with Crippen LogP contribution < -0.4 is 10.6 Å². The first-order valence-electron chi connectivity index (χ1n) is 8.35. The van der Waals surface area contributed by atoms with Gasteiger partial charge in [0, 0.05) is 0 Å². The van der Waals surface area contributed by atoms with Gasteiger partial charge >= 0.3 is 12.1 Å². The molecule has 0 heterocycles. The second-order valence-corrected chi connectivity index (χ2v) is 6.83. The van der Waals surface area contributed by atoms with E-state index in [1.807, 2.05) is 0 Å². The standard InChI is InChI=1S/C20H22N2O5/c1-20(2,3)27-19(26)22-16(13-9-5-4-6-10-13)17(23)21-15-12-8-7-11-14(15)18(24)25/h4-12,16H,1-3H3,(H,21,23)(H,22,26)(H,24,25)/t16-/m1/s1. The molecule has 0 saturated carbocycles. The van der Waals surface area contributed by atoms with Gasteiger partial charge in [0.2, 0.25) is 0 Å². The van der Waals surface area contributed by atoms with Crippen molar-refractivity contribution < 1.29 is 24.2 Å². The molecule has 3 N–H and O–H groups in total. The van der Waals surface area contributed by atoms with Crippen LogP contribution in [-0.2, 0) is 9.53 Å². The van der Waals surface area contributed by atoms with Crippen molar-refractivity contribution in [2.45, 2.75) is 32.4 Å². The maximum atomic E-state index is 12.8. The van der Waals surface area contributed by atoms with E-state index in [0.717, 1.165) is 0 Å². The number of carbonyl (C=O) groups is 3. The Morgan fingerprint density at radius 2 is 1.56 bits per heavy atom. The topological polar surface area (TPSA) is 105 Å². The molecule has 0 radical (unpaired) electrons. The average Bonchev–Trinajstić information content (AvgIpc) is 2.59. The normalized spacial score (nSPS) is 12.0. The number of anilines is 1. The predicted octanol–water partition coefficient (Wildman–Crippen LogP) is 3.59. The maximum absolute atomic E-state index is 12.8. The van der Waals surface area contributed by atoms with E-state index >= 15 is 0 Å². The highest BCUT2D eigenvalue weighted by Crippen LogP contribution is 2.20. The summed E-state index contributed by atoms with van der Waals surface area (Å²) in [6.07, 6.45) is -0.752. The summed E-state index contributed by atoms with van der Waals surface area (Å²) in [4.78, 5) is 36.3. The molecule has 0 unspecified atom stereocenters. The Bertz CT molecular complexity index is 828. The number of alkyl carbamates (subject to hydrolysis) is 1. The third kappa shape index (κ3) is 5.85. The lowest BCUT2D eigenvalue weighted by Crippen LogP contribution is -2.40. The van der Waals surface area contributed by atoms with Crippen LogP contribution in [0.1, 0.15) is 42.7 Å². The van der Waals surface area contributed by atoms with Gasteiger partial charge in [0.1, 0.15) is 11.6 Å². The fourth-order valence-electron chi connectivity index (χ4n) is 2.35. The van der Waals surface area contributed by atoms with Crippen LogP contribution in [0.4, 0.5) is 10.5 Å². The highest BCUT2D eigenvalue weighted by atomic mass is 16.6. The van der Waals surface area contributed by atoms with E-state index in [9.17, 15) is 19.5 Å². The molecule has 2 rings (SSSR count). The Morgan fingerprint density at radius 3 is 2.15 bits per heavy atom. The molecule has 0 aliphatic heterocycles. The number of nitrogens with one attached hydrogen (secondary N) is 2. The largest absolute Gasteiger partial charge is 0.478 e. The molecule has 0 aliphatic rings. The smallest absolute Gasteiger partial charge is 0.408 e. The lowest BCUT2D eigenvalue weighted by atomic mass is 10.1. The van der Waals surface area contributed by atoms with Crippen molar-refractivity contribution >= 4 is 23.7 Å². The number of carboxylic acid groups (broad SMARTS) is 1. The molecule has 7 heteroatoms. The minimum absolute atomic E-state index is 0.0464. The molecule has 2 aromatic rings. The molecule has 2 amide bonds. The van der Waals surface area contributed by atoms with Crippen LogP contribution in [0.5, 0.6) is 0 Å². The molecule has 7 nitrogen and oxygen atoms in total. The summed E-state index contributed by atoms with van der Waals surface area (Å²) in [7, 11) is 0. The van der Waals surface area contributed by atoms with Crippen molar-refractivity contribution in [3.05, 3.63) is 65.7 Å². The third-order valence-electron chi connectivity index (χ3n) is 3.47. The Hall–Kier alpha value is -3.35. The summed E-state index contributed by atoms with van der Waals surface area (Å²) >= 11 is 0. The molecule has 0 saturated heterocycles. The summed E-state index contributed by atoms with van der Waals surface area (Å²) < 4.78 is 5.23. The second kappa shape index (κ2) is 8.35. The molecule has 0 aliphatic carbocycles. The lowest BCUT2D eigenvalue weighted by Gasteiger charge is -2.23. The quantitative estimate of drug-likeness (QED) is 0.746.